The van der Waals surface area contributed by atoms with Gasteiger partial charge in [0.25, 0.3) is 0 Å². The fourth-order valence-electron chi connectivity index (χ4n) is 1.17. The molecule has 0 saturated heterocycles. The number of halogens is 1. The van der Waals surface area contributed by atoms with Gasteiger partial charge in [-0.3, -0.25) is 9.59 Å². The van der Waals surface area contributed by atoms with Crippen molar-refractivity contribution in [1.82, 2.24) is 0 Å². The molecule has 0 aromatic heterocycles. The molecule has 15 heavy (non-hydrogen) atoms. The highest BCUT2D eigenvalue weighted by Gasteiger charge is 2.24. The van der Waals surface area contributed by atoms with Crippen LogP contribution in [0.3, 0.4) is 0 Å². The van der Waals surface area contributed by atoms with Gasteiger partial charge in [-0.2, -0.15) is 0 Å². The number of rotatable bonds is 6. The molecule has 0 saturated carbocycles. The third kappa shape index (κ3) is 8.38. The quantitative estimate of drug-likeness (QED) is 0.437. The maximum absolute atomic E-state index is 11.0. The number of carbonyl (C=O) groups is 2. The fourth-order valence-corrected chi connectivity index (χ4v) is 1.30. The van der Waals surface area contributed by atoms with Gasteiger partial charge in [0.05, 0.1) is 27.6 Å². The van der Waals surface area contributed by atoms with Gasteiger partial charge in [0.15, 0.2) is 6.10 Å². The van der Waals surface area contributed by atoms with E-state index in [4.69, 9.17) is 9.84 Å². The molecule has 5 nitrogen and oxygen atoms in total. The van der Waals surface area contributed by atoms with E-state index in [0.29, 0.717) is 11.0 Å². The van der Waals surface area contributed by atoms with Gasteiger partial charge in [-0.25, -0.2) is 0 Å². The Morgan fingerprint density at radius 1 is 1.40 bits per heavy atom. The lowest BCUT2D eigenvalue weighted by Gasteiger charge is -2.28. The Labute approximate surface area is 97.7 Å². The number of nitrogens with zero attached hydrogens (tertiary/aromatic N) is 1. The van der Waals surface area contributed by atoms with Crippen LogP contribution in [0.25, 0.3) is 0 Å². The molecule has 0 aromatic carbocycles. The van der Waals surface area contributed by atoms with Crippen LogP contribution in [0.4, 0.5) is 0 Å². The van der Waals surface area contributed by atoms with Crippen molar-refractivity contribution < 1.29 is 23.9 Å². The Balaban J connectivity index is 4.31. The molecular formula is C9H17BrNO4+. The summed E-state index contributed by atoms with van der Waals surface area (Å²) in [6.45, 7) is 0.477. The van der Waals surface area contributed by atoms with E-state index < -0.39 is 18.0 Å². The van der Waals surface area contributed by atoms with Gasteiger partial charge < -0.3 is 14.3 Å². The highest BCUT2D eigenvalue weighted by Crippen LogP contribution is 2.06. The summed E-state index contributed by atoms with van der Waals surface area (Å²) >= 11 is 2.96. The number of ether oxygens (including phenoxy) is 1. The molecule has 0 bridgehead atoms. The van der Waals surface area contributed by atoms with Crippen LogP contribution in [-0.2, 0) is 14.3 Å². The molecule has 0 amide bonds. The highest BCUT2D eigenvalue weighted by atomic mass is 79.9. The van der Waals surface area contributed by atoms with E-state index in [1.165, 1.54) is 0 Å². The van der Waals surface area contributed by atoms with Crippen molar-refractivity contribution in [3.63, 3.8) is 0 Å². The van der Waals surface area contributed by atoms with Gasteiger partial charge in [-0.1, -0.05) is 15.9 Å². The summed E-state index contributed by atoms with van der Waals surface area (Å²) in [5, 5.41) is 8.74. The molecule has 0 aromatic rings. The molecule has 0 spiro atoms. The molecule has 6 heteroatoms. The van der Waals surface area contributed by atoms with Crippen LogP contribution < -0.4 is 0 Å². The molecular weight excluding hydrogens is 266 g/mol. The van der Waals surface area contributed by atoms with E-state index in [0.717, 1.165) is 0 Å². The van der Waals surface area contributed by atoms with Crippen molar-refractivity contribution in [3.8, 4) is 0 Å². The van der Waals surface area contributed by atoms with E-state index in [2.05, 4.69) is 15.9 Å². The highest BCUT2D eigenvalue weighted by molar-refractivity contribution is 9.09. The van der Waals surface area contributed by atoms with Crippen LogP contribution in [0.2, 0.25) is 0 Å². The number of quaternary nitrogens is 1. The van der Waals surface area contributed by atoms with Crippen LogP contribution in [0.1, 0.15) is 6.42 Å². The molecule has 0 heterocycles. The summed E-state index contributed by atoms with van der Waals surface area (Å²) in [6, 6.07) is 0. The van der Waals surface area contributed by atoms with E-state index in [1.807, 2.05) is 21.1 Å². The molecule has 0 fully saturated rings. The van der Waals surface area contributed by atoms with Gasteiger partial charge in [0, 0.05) is 0 Å². The number of likely N-dealkylation sites (N-methyl/N-ethyl adjacent to an activating group) is 1. The molecule has 0 aliphatic heterocycles. The number of hydrogen-bond acceptors (Lipinski definition) is 3. The molecule has 0 aliphatic carbocycles. The first kappa shape index (κ1) is 14.4. The second-order valence-electron chi connectivity index (χ2n) is 4.32. The van der Waals surface area contributed by atoms with Gasteiger partial charge >= 0.3 is 11.9 Å². The summed E-state index contributed by atoms with van der Waals surface area (Å²) in [6.07, 6.45) is -0.735. The summed E-state index contributed by atoms with van der Waals surface area (Å²) in [5.74, 6) is -1.40. The second-order valence-corrected chi connectivity index (χ2v) is 4.88. The van der Waals surface area contributed by atoms with Crippen molar-refractivity contribution in [2.24, 2.45) is 0 Å². The van der Waals surface area contributed by atoms with Crippen LogP contribution in [0.15, 0.2) is 0 Å². The number of aliphatic carboxylic acids is 1. The topological polar surface area (TPSA) is 63.6 Å². The Bertz CT molecular complexity index is 237. The average Bonchev–Trinajstić information content (AvgIpc) is 1.99. The van der Waals surface area contributed by atoms with Crippen LogP contribution >= 0.6 is 15.9 Å². The Kier molecular flexibility index (Phi) is 5.82. The van der Waals surface area contributed by atoms with Gasteiger partial charge in [0.2, 0.25) is 0 Å². The first-order valence-corrected chi connectivity index (χ1v) is 5.64. The predicted molar refractivity (Wildman–Crippen MR) is 58.8 cm³/mol. The van der Waals surface area contributed by atoms with Crippen molar-refractivity contribution in [3.05, 3.63) is 0 Å². The Morgan fingerprint density at radius 2 is 1.93 bits per heavy atom. The number of hydrogen-bond donors (Lipinski definition) is 1. The number of carboxylic acid groups (broad SMARTS) is 1. The van der Waals surface area contributed by atoms with E-state index in [1.54, 1.807) is 0 Å². The lowest BCUT2D eigenvalue weighted by Crippen LogP contribution is -2.43. The van der Waals surface area contributed by atoms with E-state index >= 15 is 0 Å². The smallest absolute Gasteiger partial charge is 0.317 e. The summed E-state index contributed by atoms with van der Waals surface area (Å²) in [5.41, 5.74) is 0. The molecule has 0 aliphatic rings. The zero-order chi connectivity index (χ0) is 12.1. The maximum atomic E-state index is 11.0. The minimum atomic E-state index is -0.962. The third-order valence-corrected chi connectivity index (χ3v) is 2.02. The molecule has 1 N–H and O–H groups in total. The van der Waals surface area contributed by atoms with Crippen molar-refractivity contribution in [1.29, 1.82) is 0 Å². The van der Waals surface area contributed by atoms with Crippen LogP contribution in [-0.4, -0.2) is 60.6 Å². The average molecular weight is 283 g/mol. The first-order valence-electron chi connectivity index (χ1n) is 4.52. The predicted octanol–water partition coefficient (Wildman–Crippen LogP) is 0.474. The van der Waals surface area contributed by atoms with Crippen molar-refractivity contribution >= 4 is 27.9 Å². The molecule has 0 rings (SSSR count). The monoisotopic (exact) mass is 282 g/mol. The number of carboxylic acids is 1. The largest absolute Gasteiger partial charge is 0.481 e. The maximum Gasteiger partial charge on any atom is 0.317 e. The Morgan fingerprint density at radius 3 is 2.27 bits per heavy atom. The minimum Gasteiger partial charge on any atom is -0.481 e. The lowest BCUT2D eigenvalue weighted by molar-refractivity contribution is -0.873. The van der Waals surface area contributed by atoms with E-state index in [-0.39, 0.29) is 11.8 Å². The number of esters is 1. The van der Waals surface area contributed by atoms with E-state index in [9.17, 15) is 9.59 Å². The van der Waals surface area contributed by atoms with Gasteiger partial charge in [-0.05, 0) is 0 Å². The lowest BCUT2D eigenvalue weighted by atomic mass is 10.2. The zero-order valence-corrected chi connectivity index (χ0v) is 10.8. The number of carbonyl (C=O) groups excluding carboxylic acids is 1. The molecule has 0 unspecified atom stereocenters. The normalized spacial score (nSPS) is 13.3. The minimum absolute atomic E-state index is 0.0836. The molecule has 0 radical (unpaired) electrons. The second kappa shape index (κ2) is 6.07. The summed E-state index contributed by atoms with van der Waals surface area (Å²) in [4.78, 5) is 21.6. The summed E-state index contributed by atoms with van der Waals surface area (Å²) in [7, 11) is 5.74. The zero-order valence-electron chi connectivity index (χ0n) is 9.20. The molecule has 1 atom stereocenters. The fraction of sp³-hybridized carbons (Fsp3) is 0.778. The van der Waals surface area contributed by atoms with Gasteiger partial charge in [-0.15, -0.1) is 0 Å². The Hall–Kier alpha value is -0.620. The number of alkyl halides is 1. The van der Waals surface area contributed by atoms with Gasteiger partial charge in [0.1, 0.15) is 11.9 Å². The SMILES string of the molecule is C[N+](C)(C)C[C@@H](CC(=O)O)OC(=O)CBr. The van der Waals surface area contributed by atoms with Crippen molar-refractivity contribution in [2.75, 3.05) is 33.0 Å². The third-order valence-electron chi connectivity index (χ3n) is 1.56. The van der Waals surface area contributed by atoms with Crippen LogP contribution in [0.5, 0.6) is 0 Å². The molecule has 88 valence electrons. The standard InChI is InChI=1S/C9H16BrNO4/c1-11(2,3)6-7(4-8(12)13)15-9(14)5-10/h7H,4-6H2,1-3H3/p+1/t7-/m1/s1. The van der Waals surface area contributed by atoms with Crippen LogP contribution in [0, 0.1) is 0 Å². The summed E-state index contributed by atoms with van der Waals surface area (Å²) < 4.78 is 5.55. The first-order chi connectivity index (χ1) is 6.74. The van der Waals surface area contributed by atoms with Crippen molar-refractivity contribution in [2.45, 2.75) is 12.5 Å².